The van der Waals surface area contributed by atoms with Crippen LogP contribution in [-0.4, -0.2) is 11.7 Å². The molecule has 0 saturated heterocycles. The van der Waals surface area contributed by atoms with E-state index in [2.05, 4.69) is 72.2 Å². The first-order chi connectivity index (χ1) is 10.8. The maximum atomic E-state index is 5.40. The topological polar surface area (TPSA) is 14.2 Å². The van der Waals surface area contributed by atoms with Crippen LogP contribution in [0.2, 0.25) is 0 Å². The lowest BCUT2D eigenvalue weighted by Crippen LogP contribution is -1.96. The summed E-state index contributed by atoms with van der Waals surface area (Å²) in [6.07, 6.45) is 0. The molecule has 0 saturated carbocycles. The van der Waals surface area contributed by atoms with Crippen molar-refractivity contribution < 1.29 is 4.74 Å². The van der Waals surface area contributed by atoms with Crippen molar-refractivity contribution in [2.45, 2.75) is 6.92 Å². The second kappa shape index (κ2) is 4.92. The molecule has 4 aromatic rings. The zero-order valence-corrected chi connectivity index (χ0v) is 12.7. The van der Waals surface area contributed by atoms with E-state index in [1.54, 1.807) is 7.11 Å². The van der Waals surface area contributed by atoms with Gasteiger partial charge in [0.15, 0.2) is 0 Å². The van der Waals surface area contributed by atoms with Gasteiger partial charge in [0.25, 0.3) is 0 Å². The average molecular weight is 287 g/mol. The number of benzene rings is 3. The first-order valence-corrected chi connectivity index (χ1v) is 7.43. The molecule has 0 aliphatic rings. The van der Waals surface area contributed by atoms with Gasteiger partial charge < -0.3 is 9.30 Å². The Morgan fingerprint density at radius 1 is 0.773 bits per heavy atom. The summed E-state index contributed by atoms with van der Waals surface area (Å²) >= 11 is 0. The molecule has 0 radical (unpaired) electrons. The number of fused-ring (bicyclic) bond motifs is 3. The second-order valence-corrected chi connectivity index (χ2v) is 5.52. The van der Waals surface area contributed by atoms with E-state index in [-0.39, 0.29) is 0 Å². The van der Waals surface area contributed by atoms with Gasteiger partial charge in [-0.05, 0) is 42.8 Å². The molecule has 1 heterocycles. The fourth-order valence-electron chi connectivity index (χ4n) is 3.15. The monoisotopic (exact) mass is 287 g/mol. The molecule has 0 atom stereocenters. The molecule has 0 N–H and O–H groups in total. The Bertz CT molecular complexity index is 982. The van der Waals surface area contributed by atoms with E-state index in [9.17, 15) is 0 Å². The predicted octanol–water partition coefficient (Wildman–Crippen LogP) is 5.10. The average Bonchev–Trinajstić information content (AvgIpc) is 2.89. The lowest BCUT2D eigenvalue weighted by atomic mass is 10.1. The van der Waals surface area contributed by atoms with Crippen LogP contribution in [0.1, 0.15) is 5.56 Å². The summed E-state index contributed by atoms with van der Waals surface area (Å²) in [6.45, 7) is 2.15. The van der Waals surface area contributed by atoms with Crippen molar-refractivity contribution in [3.63, 3.8) is 0 Å². The molecule has 4 rings (SSSR count). The Morgan fingerprint density at radius 3 is 2.32 bits per heavy atom. The molecule has 22 heavy (non-hydrogen) atoms. The van der Waals surface area contributed by atoms with Crippen LogP contribution in [0.3, 0.4) is 0 Å². The zero-order chi connectivity index (χ0) is 15.1. The van der Waals surface area contributed by atoms with Gasteiger partial charge in [-0.2, -0.15) is 0 Å². The van der Waals surface area contributed by atoms with Crippen LogP contribution in [0.15, 0.2) is 66.7 Å². The molecule has 2 nitrogen and oxygen atoms in total. The van der Waals surface area contributed by atoms with Crippen molar-refractivity contribution in [3.8, 4) is 11.4 Å². The number of hydrogen-bond acceptors (Lipinski definition) is 1. The maximum Gasteiger partial charge on any atom is 0.119 e. The Labute approximate surface area is 129 Å². The normalized spacial score (nSPS) is 11.2. The molecule has 3 aromatic carbocycles. The summed E-state index contributed by atoms with van der Waals surface area (Å²) in [5, 5.41) is 2.47. The van der Waals surface area contributed by atoms with Crippen molar-refractivity contribution in [1.82, 2.24) is 4.57 Å². The van der Waals surface area contributed by atoms with Gasteiger partial charge in [0.05, 0.1) is 18.1 Å². The van der Waals surface area contributed by atoms with E-state index < -0.39 is 0 Å². The van der Waals surface area contributed by atoms with Crippen LogP contribution in [-0.2, 0) is 0 Å². The molecule has 108 valence electrons. The van der Waals surface area contributed by atoms with Gasteiger partial charge in [-0.25, -0.2) is 0 Å². The number of ether oxygens (including phenoxy) is 1. The fourth-order valence-corrected chi connectivity index (χ4v) is 3.15. The highest BCUT2D eigenvalue weighted by atomic mass is 16.5. The third-order valence-corrected chi connectivity index (χ3v) is 4.24. The Morgan fingerprint density at radius 2 is 1.50 bits per heavy atom. The summed E-state index contributed by atoms with van der Waals surface area (Å²) in [7, 11) is 1.71. The molecule has 0 amide bonds. The van der Waals surface area contributed by atoms with Gasteiger partial charge in [0.1, 0.15) is 5.75 Å². The van der Waals surface area contributed by atoms with Crippen molar-refractivity contribution in [2.24, 2.45) is 0 Å². The van der Waals surface area contributed by atoms with Crippen LogP contribution in [0, 0.1) is 6.92 Å². The third-order valence-electron chi connectivity index (χ3n) is 4.24. The minimum atomic E-state index is 0.889. The molecule has 2 heteroatoms. The smallest absolute Gasteiger partial charge is 0.119 e. The molecule has 0 unspecified atom stereocenters. The van der Waals surface area contributed by atoms with E-state index in [4.69, 9.17) is 4.74 Å². The summed E-state index contributed by atoms with van der Waals surface area (Å²) in [4.78, 5) is 0. The van der Waals surface area contributed by atoms with E-state index in [1.165, 1.54) is 33.1 Å². The van der Waals surface area contributed by atoms with Crippen LogP contribution in [0.25, 0.3) is 27.5 Å². The number of para-hydroxylation sites is 2. The molecule has 1 aromatic heterocycles. The highest BCUT2D eigenvalue weighted by Gasteiger charge is 2.13. The van der Waals surface area contributed by atoms with Gasteiger partial charge in [0.2, 0.25) is 0 Å². The van der Waals surface area contributed by atoms with E-state index in [0.29, 0.717) is 0 Å². The first kappa shape index (κ1) is 13.0. The van der Waals surface area contributed by atoms with Crippen LogP contribution >= 0.6 is 0 Å². The first-order valence-electron chi connectivity index (χ1n) is 7.43. The molecule has 0 spiro atoms. The van der Waals surface area contributed by atoms with Crippen LogP contribution < -0.4 is 4.74 Å². The molecule has 0 aliphatic heterocycles. The number of aromatic nitrogens is 1. The second-order valence-electron chi connectivity index (χ2n) is 5.52. The highest BCUT2D eigenvalue weighted by molar-refractivity contribution is 6.09. The van der Waals surface area contributed by atoms with Gasteiger partial charge in [-0.3, -0.25) is 0 Å². The fraction of sp³-hybridized carbons (Fsp3) is 0.100. The van der Waals surface area contributed by atoms with Crippen molar-refractivity contribution in [3.05, 3.63) is 72.3 Å². The van der Waals surface area contributed by atoms with Crippen molar-refractivity contribution >= 4 is 21.8 Å². The molecule has 0 aliphatic carbocycles. The molecular formula is C20H17NO. The summed E-state index contributed by atoms with van der Waals surface area (Å²) in [6, 6.07) is 23.3. The number of methoxy groups -OCH3 is 1. The van der Waals surface area contributed by atoms with Crippen LogP contribution in [0.4, 0.5) is 0 Å². The standard InChI is InChI=1S/C20H17NO/c1-14-7-3-5-9-18(14)21-19-10-6-4-8-16(19)17-13-15(22-2)11-12-20(17)21/h3-13H,1-2H3. The highest BCUT2D eigenvalue weighted by Crippen LogP contribution is 2.34. The zero-order valence-electron chi connectivity index (χ0n) is 12.7. The van der Waals surface area contributed by atoms with Crippen molar-refractivity contribution in [2.75, 3.05) is 7.11 Å². The lowest BCUT2D eigenvalue weighted by molar-refractivity contribution is 0.415. The summed E-state index contributed by atoms with van der Waals surface area (Å²) in [5.41, 5.74) is 4.91. The number of rotatable bonds is 2. The van der Waals surface area contributed by atoms with E-state index in [0.717, 1.165) is 5.75 Å². The van der Waals surface area contributed by atoms with Gasteiger partial charge in [-0.1, -0.05) is 36.4 Å². The van der Waals surface area contributed by atoms with Gasteiger partial charge in [0, 0.05) is 16.5 Å². The van der Waals surface area contributed by atoms with E-state index in [1.807, 2.05) is 6.07 Å². The largest absolute Gasteiger partial charge is 0.497 e. The van der Waals surface area contributed by atoms with Gasteiger partial charge in [-0.15, -0.1) is 0 Å². The molecule has 0 bridgehead atoms. The minimum Gasteiger partial charge on any atom is -0.497 e. The van der Waals surface area contributed by atoms with Gasteiger partial charge >= 0.3 is 0 Å². The molecular weight excluding hydrogens is 270 g/mol. The Hall–Kier alpha value is -2.74. The SMILES string of the molecule is COc1ccc2c(c1)c1ccccc1n2-c1ccccc1C. The summed E-state index contributed by atoms with van der Waals surface area (Å²) in [5.74, 6) is 0.889. The lowest BCUT2D eigenvalue weighted by Gasteiger charge is -2.10. The molecule has 0 fully saturated rings. The minimum absolute atomic E-state index is 0.889. The van der Waals surface area contributed by atoms with E-state index >= 15 is 0 Å². The number of nitrogens with zero attached hydrogens (tertiary/aromatic N) is 1. The number of hydrogen-bond donors (Lipinski definition) is 0. The Kier molecular flexibility index (Phi) is 2.90. The van der Waals surface area contributed by atoms with Crippen molar-refractivity contribution in [1.29, 1.82) is 0 Å². The predicted molar refractivity (Wildman–Crippen MR) is 92.1 cm³/mol. The Balaban J connectivity index is 2.19. The summed E-state index contributed by atoms with van der Waals surface area (Å²) < 4.78 is 7.73. The maximum absolute atomic E-state index is 5.40. The quantitative estimate of drug-likeness (QED) is 0.500. The van der Waals surface area contributed by atoms with Crippen LogP contribution in [0.5, 0.6) is 5.75 Å². The third kappa shape index (κ3) is 1.81. The number of aryl methyl sites for hydroxylation is 1.